The second-order valence-electron chi connectivity index (χ2n) is 8.70. The minimum absolute atomic E-state index is 0.0504. The van der Waals surface area contributed by atoms with Crippen LogP contribution in [0.5, 0.6) is 0 Å². The van der Waals surface area contributed by atoms with Gasteiger partial charge in [0.1, 0.15) is 11.5 Å². The minimum Gasteiger partial charge on any atom is -0.464 e. The van der Waals surface area contributed by atoms with E-state index in [-0.39, 0.29) is 17.8 Å². The number of aromatic amines is 1. The summed E-state index contributed by atoms with van der Waals surface area (Å²) in [5, 5.41) is 3.49. The Kier molecular flexibility index (Phi) is 7.39. The smallest absolute Gasteiger partial charge is 0.354 e. The molecule has 38 heavy (non-hydrogen) atoms. The van der Waals surface area contributed by atoms with Crippen LogP contribution in [0, 0.1) is 0 Å². The summed E-state index contributed by atoms with van der Waals surface area (Å²) < 4.78 is 10.3. The summed E-state index contributed by atoms with van der Waals surface area (Å²) in [6, 6.07) is 16.0. The molecule has 0 radical (unpaired) electrons. The Morgan fingerprint density at radius 2 is 1.87 bits per heavy atom. The second kappa shape index (κ2) is 11.0. The fourth-order valence-corrected chi connectivity index (χ4v) is 4.74. The van der Waals surface area contributed by atoms with Crippen molar-refractivity contribution in [2.75, 3.05) is 38.3 Å². The molecule has 0 aliphatic carbocycles. The Morgan fingerprint density at radius 3 is 2.55 bits per heavy atom. The van der Waals surface area contributed by atoms with Crippen molar-refractivity contribution in [3.8, 4) is 11.1 Å². The SMILES string of the molecule is COC(=O)c1[nH]c2c(-c3ccccc3)c(Cl)ccc2c(=O)c1CNC(=O)c1ccc(N2CCOCC2)nc1. The summed E-state index contributed by atoms with van der Waals surface area (Å²) >= 11 is 6.52. The van der Waals surface area contributed by atoms with Gasteiger partial charge in [0.25, 0.3) is 5.91 Å². The largest absolute Gasteiger partial charge is 0.464 e. The molecule has 2 N–H and O–H groups in total. The number of morpholine rings is 1. The lowest BCUT2D eigenvalue weighted by Crippen LogP contribution is -2.36. The molecule has 1 fully saturated rings. The van der Waals surface area contributed by atoms with Crippen molar-refractivity contribution in [3.05, 3.63) is 92.9 Å². The third kappa shape index (κ3) is 4.98. The van der Waals surface area contributed by atoms with Gasteiger partial charge in [-0.05, 0) is 29.8 Å². The minimum atomic E-state index is -0.733. The number of anilines is 1. The van der Waals surface area contributed by atoms with Crippen LogP contribution in [0.2, 0.25) is 5.02 Å². The van der Waals surface area contributed by atoms with E-state index in [0.717, 1.165) is 24.5 Å². The van der Waals surface area contributed by atoms with Gasteiger partial charge in [0.05, 0.1) is 42.0 Å². The molecule has 10 heteroatoms. The maximum absolute atomic E-state index is 13.6. The highest BCUT2D eigenvalue weighted by Gasteiger charge is 2.22. The molecule has 0 unspecified atom stereocenters. The zero-order chi connectivity index (χ0) is 26.6. The number of nitrogens with zero attached hydrogens (tertiary/aromatic N) is 2. The van der Waals surface area contributed by atoms with Crippen LogP contribution in [0.4, 0.5) is 5.82 Å². The van der Waals surface area contributed by atoms with Crippen molar-refractivity contribution < 1.29 is 19.1 Å². The highest BCUT2D eigenvalue weighted by atomic mass is 35.5. The molecule has 0 spiro atoms. The highest BCUT2D eigenvalue weighted by molar-refractivity contribution is 6.35. The number of esters is 1. The van der Waals surface area contributed by atoms with E-state index in [1.54, 1.807) is 24.3 Å². The van der Waals surface area contributed by atoms with Crippen molar-refractivity contribution in [2.24, 2.45) is 0 Å². The Bertz CT molecular complexity index is 1550. The molecule has 2 aromatic heterocycles. The molecule has 2 aromatic carbocycles. The Hall–Kier alpha value is -4.21. The van der Waals surface area contributed by atoms with Gasteiger partial charge in [0, 0.05) is 36.8 Å². The first-order valence-corrected chi connectivity index (χ1v) is 12.4. The highest BCUT2D eigenvalue weighted by Crippen LogP contribution is 2.33. The quantitative estimate of drug-likeness (QED) is 0.363. The van der Waals surface area contributed by atoms with Crippen molar-refractivity contribution >= 4 is 40.2 Å². The summed E-state index contributed by atoms with van der Waals surface area (Å²) in [6.45, 7) is 2.54. The summed E-state index contributed by atoms with van der Waals surface area (Å²) in [5.74, 6) is -0.400. The lowest BCUT2D eigenvalue weighted by atomic mass is 9.99. The number of aromatic nitrogens is 2. The monoisotopic (exact) mass is 532 g/mol. The molecule has 0 bridgehead atoms. The predicted molar refractivity (Wildman–Crippen MR) is 145 cm³/mol. The number of hydrogen-bond acceptors (Lipinski definition) is 7. The number of hydrogen-bond donors (Lipinski definition) is 2. The standard InChI is InChI=1S/C28H25ClN4O5/c1-37-28(36)25-20(16-31-27(35)18-7-10-22(30-15-18)33-11-13-38-14-12-33)26(34)19-8-9-21(29)23(24(19)32-25)17-5-3-2-4-6-17/h2-10,15H,11-14,16H2,1H3,(H,31,35)(H,32,34). The van der Waals surface area contributed by atoms with Gasteiger partial charge in [-0.15, -0.1) is 0 Å². The zero-order valence-corrected chi connectivity index (χ0v) is 21.4. The molecular formula is C28H25ClN4O5. The number of nitrogens with one attached hydrogen (secondary N) is 2. The number of methoxy groups -OCH3 is 1. The van der Waals surface area contributed by atoms with Crippen molar-refractivity contribution in [1.29, 1.82) is 0 Å². The average Bonchev–Trinajstić information content (AvgIpc) is 2.96. The number of amides is 1. The van der Waals surface area contributed by atoms with E-state index >= 15 is 0 Å². The van der Waals surface area contributed by atoms with E-state index in [9.17, 15) is 14.4 Å². The third-order valence-corrected chi connectivity index (χ3v) is 6.76. The normalized spacial score (nSPS) is 13.4. The number of H-pyrrole nitrogens is 1. The number of fused-ring (bicyclic) bond motifs is 1. The fraction of sp³-hybridized carbons (Fsp3) is 0.214. The van der Waals surface area contributed by atoms with E-state index in [4.69, 9.17) is 21.1 Å². The van der Waals surface area contributed by atoms with E-state index in [0.29, 0.717) is 40.3 Å². The molecule has 5 rings (SSSR count). The van der Waals surface area contributed by atoms with Crippen LogP contribution in [-0.4, -0.2) is 55.3 Å². The molecule has 1 saturated heterocycles. The Labute approximate surface area is 223 Å². The first-order valence-electron chi connectivity index (χ1n) is 12.1. The molecule has 0 atom stereocenters. The summed E-state index contributed by atoms with van der Waals surface area (Å²) in [6.07, 6.45) is 1.49. The first-order chi connectivity index (χ1) is 18.5. The molecular weight excluding hydrogens is 508 g/mol. The predicted octanol–water partition coefficient (Wildman–Crippen LogP) is 3.80. The van der Waals surface area contributed by atoms with Crippen LogP contribution in [0.25, 0.3) is 22.0 Å². The van der Waals surface area contributed by atoms with Gasteiger partial charge in [-0.1, -0.05) is 41.9 Å². The average molecular weight is 533 g/mol. The van der Waals surface area contributed by atoms with E-state index < -0.39 is 17.3 Å². The van der Waals surface area contributed by atoms with E-state index in [1.165, 1.54) is 13.3 Å². The number of ether oxygens (including phenoxy) is 2. The van der Waals surface area contributed by atoms with Crippen LogP contribution in [-0.2, 0) is 16.0 Å². The lowest BCUT2D eigenvalue weighted by molar-refractivity contribution is 0.0592. The molecule has 3 heterocycles. The zero-order valence-electron chi connectivity index (χ0n) is 20.6. The number of rotatable bonds is 6. The Morgan fingerprint density at radius 1 is 1.11 bits per heavy atom. The first kappa shape index (κ1) is 25.4. The topological polar surface area (TPSA) is 114 Å². The molecule has 1 aliphatic heterocycles. The summed E-state index contributed by atoms with van der Waals surface area (Å²) in [5.41, 5.74) is 1.73. The number of benzene rings is 2. The number of carbonyl (C=O) groups excluding carboxylic acids is 2. The fourth-order valence-electron chi connectivity index (χ4n) is 4.48. The molecule has 194 valence electrons. The van der Waals surface area contributed by atoms with Gasteiger partial charge in [-0.2, -0.15) is 0 Å². The third-order valence-electron chi connectivity index (χ3n) is 6.45. The molecule has 9 nitrogen and oxygen atoms in total. The van der Waals surface area contributed by atoms with Gasteiger partial charge < -0.3 is 24.7 Å². The maximum Gasteiger partial charge on any atom is 0.354 e. The number of halogens is 1. The van der Waals surface area contributed by atoms with Gasteiger partial charge >= 0.3 is 5.97 Å². The van der Waals surface area contributed by atoms with Crippen LogP contribution in [0.1, 0.15) is 26.4 Å². The van der Waals surface area contributed by atoms with Crippen molar-refractivity contribution in [1.82, 2.24) is 15.3 Å². The second-order valence-corrected chi connectivity index (χ2v) is 9.10. The number of carbonyl (C=O) groups is 2. The summed E-state index contributed by atoms with van der Waals surface area (Å²) in [4.78, 5) is 48.7. The van der Waals surface area contributed by atoms with Crippen molar-refractivity contribution in [3.63, 3.8) is 0 Å². The van der Waals surface area contributed by atoms with Crippen LogP contribution >= 0.6 is 11.6 Å². The van der Waals surface area contributed by atoms with Crippen LogP contribution in [0.3, 0.4) is 0 Å². The summed E-state index contributed by atoms with van der Waals surface area (Å²) in [7, 11) is 1.23. The van der Waals surface area contributed by atoms with Crippen LogP contribution in [0.15, 0.2) is 65.6 Å². The molecule has 1 aliphatic rings. The van der Waals surface area contributed by atoms with E-state index in [2.05, 4.69) is 20.2 Å². The molecule has 0 saturated carbocycles. The van der Waals surface area contributed by atoms with Gasteiger partial charge in [0.15, 0.2) is 5.43 Å². The van der Waals surface area contributed by atoms with Crippen LogP contribution < -0.4 is 15.6 Å². The van der Waals surface area contributed by atoms with Gasteiger partial charge in [-0.25, -0.2) is 9.78 Å². The Balaban J connectivity index is 1.47. The molecule has 1 amide bonds. The maximum atomic E-state index is 13.6. The van der Waals surface area contributed by atoms with Crippen molar-refractivity contribution in [2.45, 2.75) is 6.54 Å². The van der Waals surface area contributed by atoms with Gasteiger partial charge in [0.2, 0.25) is 0 Å². The van der Waals surface area contributed by atoms with Gasteiger partial charge in [-0.3, -0.25) is 9.59 Å². The lowest BCUT2D eigenvalue weighted by Gasteiger charge is -2.27. The van der Waals surface area contributed by atoms with E-state index in [1.807, 2.05) is 30.3 Å². The number of pyridine rings is 2. The molecule has 4 aromatic rings.